The first-order chi connectivity index (χ1) is 6.89. The monoisotopic (exact) mass is 206 g/mol. The van der Waals surface area contributed by atoms with Crippen LogP contribution in [0.25, 0.3) is 0 Å². The lowest BCUT2D eigenvalue weighted by molar-refractivity contribution is 0.278. The van der Waals surface area contributed by atoms with Gasteiger partial charge in [0.25, 0.3) is 0 Å². The molecular formula is C13H18S. The van der Waals surface area contributed by atoms with Crippen LogP contribution in [0.1, 0.15) is 38.5 Å². The van der Waals surface area contributed by atoms with Crippen molar-refractivity contribution in [1.29, 1.82) is 0 Å². The Bertz CT molecular complexity index is 288. The quantitative estimate of drug-likeness (QED) is 0.545. The maximum Gasteiger partial charge on any atom is 0.0264 e. The van der Waals surface area contributed by atoms with E-state index in [0.717, 1.165) is 27.8 Å². The normalized spacial score (nSPS) is 52.0. The maximum absolute atomic E-state index is 2.60. The second-order valence-corrected chi connectivity index (χ2v) is 7.28. The molecule has 4 unspecified atom stereocenters. The highest BCUT2D eigenvalue weighted by atomic mass is 32.2. The van der Waals surface area contributed by atoms with E-state index < -0.39 is 0 Å². The van der Waals surface area contributed by atoms with Crippen molar-refractivity contribution >= 4 is 11.8 Å². The molecule has 4 atom stereocenters. The van der Waals surface area contributed by atoms with E-state index in [0.29, 0.717) is 0 Å². The zero-order chi connectivity index (χ0) is 9.17. The Hall–Kier alpha value is 0.0900. The summed E-state index contributed by atoms with van der Waals surface area (Å²) in [5, 5.41) is 0.920. The van der Waals surface area contributed by atoms with Crippen molar-refractivity contribution in [2.45, 2.75) is 48.5 Å². The average molecular weight is 206 g/mol. The molecule has 1 spiro atoms. The highest BCUT2D eigenvalue weighted by molar-refractivity contribution is 8.01. The number of allylic oxidation sites excluding steroid dienone is 1. The third-order valence-electron chi connectivity index (χ3n) is 4.96. The van der Waals surface area contributed by atoms with Crippen LogP contribution in [0.15, 0.2) is 12.2 Å². The molecule has 2 bridgehead atoms. The molecule has 0 aromatic carbocycles. The van der Waals surface area contributed by atoms with Gasteiger partial charge in [0.15, 0.2) is 0 Å². The van der Waals surface area contributed by atoms with Gasteiger partial charge in [-0.05, 0) is 37.0 Å². The molecule has 14 heavy (non-hydrogen) atoms. The molecule has 2 heterocycles. The van der Waals surface area contributed by atoms with Gasteiger partial charge in [-0.3, -0.25) is 0 Å². The summed E-state index contributed by atoms with van der Waals surface area (Å²) in [4.78, 5) is 0. The van der Waals surface area contributed by atoms with Crippen molar-refractivity contribution in [1.82, 2.24) is 0 Å². The van der Waals surface area contributed by atoms with Crippen molar-refractivity contribution in [2.24, 2.45) is 17.8 Å². The Morgan fingerprint density at radius 1 is 1.00 bits per heavy atom. The van der Waals surface area contributed by atoms with Crippen molar-refractivity contribution in [3.63, 3.8) is 0 Å². The minimum atomic E-state index is 0.718. The molecule has 2 aliphatic heterocycles. The SMILES string of the molecule is C1=CC2C3CC3C1SC21CCCCC1. The van der Waals surface area contributed by atoms with E-state index in [4.69, 9.17) is 0 Å². The lowest BCUT2D eigenvalue weighted by Gasteiger charge is -2.50. The summed E-state index contributed by atoms with van der Waals surface area (Å²) in [6, 6.07) is 0. The summed E-state index contributed by atoms with van der Waals surface area (Å²) < 4.78 is 0.718. The van der Waals surface area contributed by atoms with E-state index in [9.17, 15) is 0 Å². The Morgan fingerprint density at radius 3 is 2.64 bits per heavy atom. The first-order valence-electron chi connectivity index (χ1n) is 6.25. The predicted octanol–water partition coefficient (Wildman–Crippen LogP) is 3.63. The summed E-state index contributed by atoms with van der Waals surface area (Å²) in [7, 11) is 0. The van der Waals surface area contributed by atoms with E-state index >= 15 is 0 Å². The fraction of sp³-hybridized carbons (Fsp3) is 0.846. The van der Waals surface area contributed by atoms with Gasteiger partial charge in [-0.1, -0.05) is 31.4 Å². The van der Waals surface area contributed by atoms with Gasteiger partial charge in [0.1, 0.15) is 0 Å². The molecule has 2 saturated carbocycles. The fourth-order valence-corrected chi connectivity index (χ4v) is 6.32. The van der Waals surface area contributed by atoms with Crippen molar-refractivity contribution in [2.75, 3.05) is 0 Å². The van der Waals surface area contributed by atoms with Crippen molar-refractivity contribution < 1.29 is 0 Å². The highest BCUT2D eigenvalue weighted by Gasteiger charge is 2.61. The average Bonchev–Trinajstić information content (AvgIpc) is 3.00. The first kappa shape index (κ1) is 8.27. The standard InChI is InChI=1S/C13H18S/c1-2-6-13(7-3-1)11-4-5-12(14-13)10-8-9(10)11/h4-5,9-12H,1-3,6-8H2. The molecular weight excluding hydrogens is 188 g/mol. The maximum atomic E-state index is 2.60. The fourth-order valence-electron chi connectivity index (χ4n) is 4.18. The van der Waals surface area contributed by atoms with Gasteiger partial charge in [0.05, 0.1) is 0 Å². The molecule has 1 heteroatoms. The van der Waals surface area contributed by atoms with Gasteiger partial charge in [-0.15, -0.1) is 11.8 Å². The smallest absolute Gasteiger partial charge is 0.0264 e. The molecule has 76 valence electrons. The van der Waals surface area contributed by atoms with Crippen LogP contribution in [-0.2, 0) is 0 Å². The Labute approximate surface area is 90.5 Å². The van der Waals surface area contributed by atoms with Gasteiger partial charge in [-0.2, -0.15) is 0 Å². The first-order valence-corrected chi connectivity index (χ1v) is 7.13. The minimum Gasteiger partial charge on any atom is -0.147 e. The molecule has 3 fully saturated rings. The van der Waals surface area contributed by atoms with Crippen LogP contribution >= 0.6 is 11.8 Å². The third kappa shape index (κ3) is 0.925. The second kappa shape index (κ2) is 2.61. The molecule has 0 radical (unpaired) electrons. The molecule has 0 amide bonds. The largest absolute Gasteiger partial charge is 0.147 e. The molecule has 1 saturated heterocycles. The number of rotatable bonds is 0. The van der Waals surface area contributed by atoms with Gasteiger partial charge in [-0.25, -0.2) is 0 Å². The molecule has 0 aromatic rings. The molecule has 5 aliphatic rings. The van der Waals surface area contributed by atoms with Crippen LogP contribution in [-0.4, -0.2) is 10.00 Å². The molecule has 3 aliphatic carbocycles. The van der Waals surface area contributed by atoms with Crippen LogP contribution in [0, 0.1) is 17.8 Å². The zero-order valence-electron chi connectivity index (χ0n) is 8.61. The highest BCUT2D eigenvalue weighted by Crippen LogP contribution is 2.68. The van der Waals surface area contributed by atoms with E-state index in [2.05, 4.69) is 23.9 Å². The van der Waals surface area contributed by atoms with Crippen LogP contribution < -0.4 is 0 Å². The second-order valence-electron chi connectivity index (χ2n) is 5.68. The van der Waals surface area contributed by atoms with Crippen LogP contribution in [0.5, 0.6) is 0 Å². The number of hydrogen-bond acceptors (Lipinski definition) is 1. The Balaban J connectivity index is 1.71. The summed E-state index contributed by atoms with van der Waals surface area (Å²) in [5.74, 6) is 3.19. The van der Waals surface area contributed by atoms with Gasteiger partial charge in [0.2, 0.25) is 0 Å². The van der Waals surface area contributed by atoms with Gasteiger partial charge < -0.3 is 0 Å². The molecule has 0 aromatic heterocycles. The van der Waals surface area contributed by atoms with E-state index in [1.807, 2.05) is 0 Å². The van der Waals surface area contributed by atoms with Gasteiger partial charge >= 0.3 is 0 Å². The van der Waals surface area contributed by atoms with Crippen molar-refractivity contribution in [3.8, 4) is 0 Å². The number of thioether (sulfide) groups is 1. The minimum absolute atomic E-state index is 0.718. The third-order valence-corrected chi connectivity index (χ3v) is 6.89. The lowest BCUT2D eigenvalue weighted by atomic mass is 9.74. The predicted molar refractivity (Wildman–Crippen MR) is 61.4 cm³/mol. The zero-order valence-corrected chi connectivity index (χ0v) is 9.43. The van der Waals surface area contributed by atoms with E-state index in [1.54, 1.807) is 6.42 Å². The summed E-state index contributed by atoms with van der Waals surface area (Å²) in [5.41, 5.74) is 0. The summed E-state index contributed by atoms with van der Waals surface area (Å²) in [6.07, 6.45) is 14.2. The topological polar surface area (TPSA) is 0 Å². The Morgan fingerprint density at radius 2 is 1.86 bits per heavy atom. The molecule has 5 rings (SSSR count). The Kier molecular flexibility index (Phi) is 1.54. The summed E-state index contributed by atoms with van der Waals surface area (Å²) >= 11 is 2.37. The molecule has 0 nitrogen and oxygen atoms in total. The van der Waals surface area contributed by atoms with Crippen LogP contribution in [0.3, 0.4) is 0 Å². The lowest BCUT2D eigenvalue weighted by Crippen LogP contribution is -2.45. The van der Waals surface area contributed by atoms with E-state index in [1.165, 1.54) is 32.1 Å². The summed E-state index contributed by atoms with van der Waals surface area (Å²) in [6.45, 7) is 0. The van der Waals surface area contributed by atoms with E-state index in [-0.39, 0.29) is 0 Å². The number of hydrogen-bond donors (Lipinski definition) is 0. The van der Waals surface area contributed by atoms with Crippen LogP contribution in [0.2, 0.25) is 0 Å². The molecule has 0 N–H and O–H groups in total. The van der Waals surface area contributed by atoms with Gasteiger partial charge in [0, 0.05) is 10.00 Å². The van der Waals surface area contributed by atoms with Crippen LogP contribution in [0.4, 0.5) is 0 Å². The van der Waals surface area contributed by atoms with Crippen molar-refractivity contribution in [3.05, 3.63) is 12.2 Å².